The van der Waals surface area contributed by atoms with E-state index in [2.05, 4.69) is 10.1 Å². The highest BCUT2D eigenvalue weighted by Crippen LogP contribution is 2.27. The van der Waals surface area contributed by atoms with Crippen molar-refractivity contribution in [1.29, 1.82) is 0 Å². The maximum atomic E-state index is 12.2. The van der Waals surface area contributed by atoms with Gasteiger partial charge in [-0.1, -0.05) is 12.8 Å². The SMILES string of the molecule is CN(C(=O)Cn1cncn1)C1CCCCC1CN. The summed E-state index contributed by atoms with van der Waals surface area (Å²) >= 11 is 0. The highest BCUT2D eigenvalue weighted by Gasteiger charge is 2.29. The van der Waals surface area contributed by atoms with Crippen LogP contribution in [0.15, 0.2) is 12.7 Å². The van der Waals surface area contributed by atoms with Crippen LogP contribution in [0.25, 0.3) is 0 Å². The second kappa shape index (κ2) is 5.95. The zero-order valence-electron chi connectivity index (χ0n) is 10.8. The van der Waals surface area contributed by atoms with Crippen molar-refractivity contribution in [1.82, 2.24) is 19.7 Å². The van der Waals surface area contributed by atoms with E-state index in [1.54, 1.807) is 11.0 Å². The predicted octanol–water partition coefficient (Wildman–Crippen LogP) is 0.254. The summed E-state index contributed by atoms with van der Waals surface area (Å²) in [5, 5.41) is 3.96. The molecule has 0 aromatic carbocycles. The standard InChI is InChI=1S/C12H21N5O/c1-16(11-5-3-2-4-10(11)6-13)12(18)7-17-9-14-8-15-17/h8-11H,2-7,13H2,1H3. The van der Waals surface area contributed by atoms with Crippen LogP contribution in [0.4, 0.5) is 0 Å². The Kier molecular flexibility index (Phi) is 4.30. The largest absolute Gasteiger partial charge is 0.341 e. The number of amides is 1. The van der Waals surface area contributed by atoms with Crippen LogP contribution < -0.4 is 5.73 Å². The summed E-state index contributed by atoms with van der Waals surface area (Å²) in [6.07, 6.45) is 7.60. The number of hydrogen-bond donors (Lipinski definition) is 1. The van der Waals surface area contributed by atoms with E-state index in [9.17, 15) is 4.79 Å². The topological polar surface area (TPSA) is 77.0 Å². The van der Waals surface area contributed by atoms with Crippen molar-refractivity contribution in [3.63, 3.8) is 0 Å². The zero-order chi connectivity index (χ0) is 13.0. The van der Waals surface area contributed by atoms with Crippen LogP contribution in [0.1, 0.15) is 25.7 Å². The zero-order valence-corrected chi connectivity index (χ0v) is 10.8. The molecule has 2 unspecified atom stereocenters. The second-order valence-corrected chi connectivity index (χ2v) is 4.95. The van der Waals surface area contributed by atoms with E-state index in [0.717, 1.165) is 12.8 Å². The molecule has 1 fully saturated rings. The van der Waals surface area contributed by atoms with Gasteiger partial charge in [-0.3, -0.25) is 4.79 Å². The Balaban J connectivity index is 1.96. The first kappa shape index (κ1) is 13.0. The molecule has 2 N–H and O–H groups in total. The Bertz CT molecular complexity index is 378. The van der Waals surface area contributed by atoms with E-state index in [1.807, 2.05) is 11.9 Å². The molecule has 2 rings (SSSR count). The van der Waals surface area contributed by atoms with Crippen molar-refractivity contribution in [2.45, 2.75) is 38.3 Å². The van der Waals surface area contributed by atoms with Gasteiger partial charge in [0.25, 0.3) is 0 Å². The Morgan fingerprint density at radius 3 is 2.94 bits per heavy atom. The van der Waals surface area contributed by atoms with E-state index in [0.29, 0.717) is 12.5 Å². The molecule has 1 aromatic rings. The molecule has 6 heteroatoms. The van der Waals surface area contributed by atoms with Crippen LogP contribution in [0.5, 0.6) is 0 Å². The van der Waals surface area contributed by atoms with Crippen molar-refractivity contribution >= 4 is 5.91 Å². The maximum Gasteiger partial charge on any atom is 0.244 e. The Hall–Kier alpha value is -1.43. The van der Waals surface area contributed by atoms with E-state index in [1.165, 1.54) is 19.2 Å². The summed E-state index contributed by atoms with van der Waals surface area (Å²) < 4.78 is 1.55. The molecule has 0 aliphatic heterocycles. The number of carbonyl (C=O) groups excluding carboxylic acids is 1. The lowest BCUT2D eigenvalue weighted by Crippen LogP contribution is -2.46. The third-order valence-electron chi connectivity index (χ3n) is 3.83. The van der Waals surface area contributed by atoms with Crippen LogP contribution in [0.3, 0.4) is 0 Å². The average molecular weight is 251 g/mol. The molecule has 0 spiro atoms. The molecule has 1 aliphatic carbocycles. The van der Waals surface area contributed by atoms with Crippen molar-refractivity contribution in [3.8, 4) is 0 Å². The molecular formula is C12H21N5O. The van der Waals surface area contributed by atoms with Gasteiger partial charge in [0, 0.05) is 13.1 Å². The molecule has 0 bridgehead atoms. The van der Waals surface area contributed by atoms with E-state index >= 15 is 0 Å². The fraction of sp³-hybridized carbons (Fsp3) is 0.750. The Labute approximate surface area is 107 Å². The van der Waals surface area contributed by atoms with Crippen molar-refractivity contribution in [2.24, 2.45) is 11.7 Å². The summed E-state index contributed by atoms with van der Waals surface area (Å²) in [6, 6.07) is 0.278. The molecule has 100 valence electrons. The molecule has 1 amide bonds. The van der Waals surface area contributed by atoms with Gasteiger partial charge in [0.05, 0.1) is 0 Å². The minimum absolute atomic E-state index is 0.0749. The van der Waals surface area contributed by atoms with Gasteiger partial charge in [0.15, 0.2) is 0 Å². The number of nitrogens with two attached hydrogens (primary N) is 1. The van der Waals surface area contributed by atoms with Gasteiger partial charge < -0.3 is 10.6 Å². The predicted molar refractivity (Wildman–Crippen MR) is 67.6 cm³/mol. The third-order valence-corrected chi connectivity index (χ3v) is 3.83. The monoisotopic (exact) mass is 251 g/mol. The summed E-state index contributed by atoms with van der Waals surface area (Å²) in [5.41, 5.74) is 5.80. The van der Waals surface area contributed by atoms with Crippen molar-refractivity contribution in [3.05, 3.63) is 12.7 Å². The van der Waals surface area contributed by atoms with Gasteiger partial charge in [-0.15, -0.1) is 0 Å². The van der Waals surface area contributed by atoms with Gasteiger partial charge in [-0.05, 0) is 25.3 Å². The molecule has 18 heavy (non-hydrogen) atoms. The number of carbonyl (C=O) groups is 1. The minimum Gasteiger partial charge on any atom is -0.341 e. The molecular weight excluding hydrogens is 230 g/mol. The average Bonchev–Trinajstić information content (AvgIpc) is 2.90. The van der Waals surface area contributed by atoms with Crippen LogP contribution in [0.2, 0.25) is 0 Å². The Morgan fingerprint density at radius 1 is 1.50 bits per heavy atom. The molecule has 0 saturated heterocycles. The van der Waals surface area contributed by atoms with E-state index in [-0.39, 0.29) is 18.5 Å². The number of nitrogens with zero attached hydrogens (tertiary/aromatic N) is 4. The lowest BCUT2D eigenvalue weighted by Gasteiger charge is -2.37. The normalized spacial score (nSPS) is 23.9. The molecule has 0 radical (unpaired) electrons. The second-order valence-electron chi connectivity index (χ2n) is 4.95. The summed E-state index contributed by atoms with van der Waals surface area (Å²) in [7, 11) is 1.87. The van der Waals surface area contributed by atoms with Crippen LogP contribution in [-0.2, 0) is 11.3 Å². The van der Waals surface area contributed by atoms with Crippen LogP contribution in [0, 0.1) is 5.92 Å². The number of aromatic nitrogens is 3. The van der Waals surface area contributed by atoms with Crippen molar-refractivity contribution in [2.75, 3.05) is 13.6 Å². The number of hydrogen-bond acceptors (Lipinski definition) is 4. The van der Waals surface area contributed by atoms with E-state index in [4.69, 9.17) is 5.73 Å². The summed E-state index contributed by atoms with van der Waals surface area (Å²) in [6.45, 7) is 0.913. The van der Waals surface area contributed by atoms with Gasteiger partial charge >= 0.3 is 0 Å². The molecule has 1 saturated carbocycles. The summed E-state index contributed by atoms with van der Waals surface area (Å²) in [4.78, 5) is 17.9. The lowest BCUT2D eigenvalue weighted by atomic mass is 9.83. The molecule has 1 aliphatic rings. The first-order valence-corrected chi connectivity index (χ1v) is 6.50. The smallest absolute Gasteiger partial charge is 0.244 e. The van der Waals surface area contributed by atoms with Gasteiger partial charge in [0.1, 0.15) is 19.2 Å². The molecule has 6 nitrogen and oxygen atoms in total. The minimum atomic E-state index is 0.0749. The first-order chi connectivity index (χ1) is 8.72. The summed E-state index contributed by atoms with van der Waals surface area (Å²) in [5.74, 6) is 0.509. The number of likely N-dealkylation sites (N-methyl/N-ethyl adjacent to an activating group) is 1. The lowest BCUT2D eigenvalue weighted by molar-refractivity contribution is -0.134. The quantitative estimate of drug-likeness (QED) is 0.832. The molecule has 1 heterocycles. The maximum absolute atomic E-state index is 12.2. The van der Waals surface area contributed by atoms with Gasteiger partial charge in [0.2, 0.25) is 5.91 Å². The highest BCUT2D eigenvalue weighted by molar-refractivity contribution is 5.75. The number of rotatable bonds is 4. The van der Waals surface area contributed by atoms with Crippen molar-refractivity contribution < 1.29 is 4.79 Å². The highest BCUT2D eigenvalue weighted by atomic mass is 16.2. The first-order valence-electron chi connectivity index (χ1n) is 6.50. The van der Waals surface area contributed by atoms with E-state index < -0.39 is 0 Å². The molecule has 2 atom stereocenters. The fourth-order valence-corrected chi connectivity index (χ4v) is 2.72. The van der Waals surface area contributed by atoms with Crippen LogP contribution >= 0.6 is 0 Å². The van der Waals surface area contributed by atoms with Crippen LogP contribution in [-0.4, -0.2) is 45.2 Å². The Morgan fingerprint density at radius 2 is 2.28 bits per heavy atom. The molecule has 1 aromatic heterocycles. The van der Waals surface area contributed by atoms with Gasteiger partial charge in [-0.25, -0.2) is 9.67 Å². The fourth-order valence-electron chi connectivity index (χ4n) is 2.72. The third kappa shape index (κ3) is 2.87. The van der Waals surface area contributed by atoms with Gasteiger partial charge in [-0.2, -0.15) is 5.10 Å².